The highest BCUT2D eigenvalue weighted by Crippen LogP contribution is 2.34. The van der Waals surface area contributed by atoms with Crippen LogP contribution in [0.4, 0.5) is 0 Å². The minimum Gasteiger partial charge on any atom is -0.314 e. The molecule has 1 aromatic heterocycles. The molecule has 0 spiro atoms. The highest BCUT2D eigenvalue weighted by molar-refractivity contribution is 5.16. The van der Waals surface area contributed by atoms with Gasteiger partial charge in [-0.15, -0.1) is 0 Å². The van der Waals surface area contributed by atoms with Crippen molar-refractivity contribution in [3.05, 3.63) is 30.1 Å². The SMILES string of the molecule is CN1CCCC(CNC2CC2)C1c1cccnc1. The van der Waals surface area contributed by atoms with E-state index >= 15 is 0 Å². The second-order valence-electron chi connectivity index (χ2n) is 5.80. The van der Waals surface area contributed by atoms with E-state index < -0.39 is 0 Å². The largest absolute Gasteiger partial charge is 0.314 e. The molecule has 2 fully saturated rings. The Labute approximate surface area is 110 Å². The van der Waals surface area contributed by atoms with Crippen LogP contribution in [0, 0.1) is 5.92 Å². The summed E-state index contributed by atoms with van der Waals surface area (Å²) in [5.74, 6) is 0.730. The zero-order valence-electron chi connectivity index (χ0n) is 11.2. The molecule has 3 rings (SSSR count). The molecule has 2 atom stereocenters. The average Bonchev–Trinajstić information content (AvgIpc) is 3.21. The second kappa shape index (κ2) is 5.37. The third-order valence-corrected chi connectivity index (χ3v) is 4.28. The van der Waals surface area contributed by atoms with Gasteiger partial charge in [0.05, 0.1) is 0 Å². The lowest BCUT2D eigenvalue weighted by molar-refractivity contribution is 0.119. The summed E-state index contributed by atoms with van der Waals surface area (Å²) in [6.07, 6.45) is 9.31. The number of likely N-dealkylation sites (tertiary alicyclic amines) is 1. The van der Waals surface area contributed by atoms with Gasteiger partial charge in [0.2, 0.25) is 0 Å². The molecule has 2 unspecified atom stereocenters. The Hall–Kier alpha value is -0.930. The highest BCUT2D eigenvalue weighted by Gasteiger charge is 2.32. The van der Waals surface area contributed by atoms with Crippen LogP contribution in [0.1, 0.15) is 37.3 Å². The van der Waals surface area contributed by atoms with Crippen molar-refractivity contribution in [3.63, 3.8) is 0 Å². The fourth-order valence-electron chi connectivity index (χ4n) is 3.16. The first-order valence-electron chi connectivity index (χ1n) is 7.18. The van der Waals surface area contributed by atoms with Gasteiger partial charge in [0.15, 0.2) is 0 Å². The van der Waals surface area contributed by atoms with Crippen LogP contribution in [-0.4, -0.2) is 36.1 Å². The van der Waals surface area contributed by atoms with Crippen LogP contribution in [0.2, 0.25) is 0 Å². The first-order chi connectivity index (χ1) is 8.84. The van der Waals surface area contributed by atoms with Gasteiger partial charge in [0, 0.05) is 31.0 Å². The lowest BCUT2D eigenvalue weighted by Gasteiger charge is -2.39. The molecule has 2 heterocycles. The number of nitrogens with zero attached hydrogens (tertiary/aromatic N) is 2. The number of piperidine rings is 1. The number of hydrogen-bond acceptors (Lipinski definition) is 3. The van der Waals surface area contributed by atoms with E-state index in [0.29, 0.717) is 6.04 Å². The zero-order valence-corrected chi connectivity index (χ0v) is 11.2. The standard InChI is InChI=1S/C15H23N3/c1-18-9-3-5-13(11-17-14-6-7-14)15(18)12-4-2-8-16-10-12/h2,4,8,10,13-15,17H,3,5-7,9,11H2,1H3. The van der Waals surface area contributed by atoms with Gasteiger partial charge in [-0.2, -0.15) is 0 Å². The fourth-order valence-corrected chi connectivity index (χ4v) is 3.16. The number of rotatable bonds is 4. The van der Waals surface area contributed by atoms with Crippen molar-refractivity contribution in [1.29, 1.82) is 0 Å². The van der Waals surface area contributed by atoms with Gasteiger partial charge in [-0.25, -0.2) is 0 Å². The third kappa shape index (κ3) is 2.73. The van der Waals surface area contributed by atoms with Crippen molar-refractivity contribution in [2.45, 2.75) is 37.8 Å². The molecule has 3 nitrogen and oxygen atoms in total. The Morgan fingerprint density at radius 1 is 1.39 bits per heavy atom. The monoisotopic (exact) mass is 245 g/mol. The molecular formula is C15H23N3. The zero-order chi connectivity index (χ0) is 12.4. The van der Waals surface area contributed by atoms with Gasteiger partial charge in [0.1, 0.15) is 0 Å². The van der Waals surface area contributed by atoms with Gasteiger partial charge < -0.3 is 5.32 Å². The summed E-state index contributed by atoms with van der Waals surface area (Å²) in [7, 11) is 2.25. The number of nitrogens with one attached hydrogen (secondary N) is 1. The van der Waals surface area contributed by atoms with Gasteiger partial charge in [-0.3, -0.25) is 9.88 Å². The normalized spacial score (nSPS) is 29.4. The Morgan fingerprint density at radius 3 is 3.00 bits per heavy atom. The van der Waals surface area contributed by atoms with Crippen molar-refractivity contribution in [2.24, 2.45) is 5.92 Å². The average molecular weight is 245 g/mol. The molecule has 1 aliphatic heterocycles. The van der Waals surface area contributed by atoms with E-state index in [1.165, 1.54) is 37.8 Å². The van der Waals surface area contributed by atoms with Crippen molar-refractivity contribution in [3.8, 4) is 0 Å². The van der Waals surface area contributed by atoms with E-state index in [0.717, 1.165) is 18.5 Å². The predicted octanol–water partition coefficient (Wildman–Crippen LogP) is 2.22. The first-order valence-corrected chi connectivity index (χ1v) is 7.18. The Morgan fingerprint density at radius 2 is 2.28 bits per heavy atom. The Bertz CT molecular complexity index is 375. The molecule has 0 amide bonds. The molecule has 0 aromatic carbocycles. The van der Waals surface area contributed by atoms with Crippen LogP contribution >= 0.6 is 0 Å². The third-order valence-electron chi connectivity index (χ3n) is 4.28. The van der Waals surface area contributed by atoms with E-state index in [9.17, 15) is 0 Å². The van der Waals surface area contributed by atoms with Gasteiger partial charge in [0.25, 0.3) is 0 Å². The van der Waals surface area contributed by atoms with Crippen molar-refractivity contribution >= 4 is 0 Å². The summed E-state index contributed by atoms with van der Waals surface area (Å²) in [6, 6.07) is 5.64. The maximum absolute atomic E-state index is 4.29. The summed E-state index contributed by atoms with van der Waals surface area (Å²) in [5, 5.41) is 3.70. The van der Waals surface area contributed by atoms with Crippen LogP contribution in [0.15, 0.2) is 24.5 Å². The van der Waals surface area contributed by atoms with Gasteiger partial charge in [-0.05, 0) is 56.8 Å². The highest BCUT2D eigenvalue weighted by atomic mass is 15.1. The van der Waals surface area contributed by atoms with Crippen LogP contribution < -0.4 is 5.32 Å². The summed E-state index contributed by atoms with van der Waals surface area (Å²) < 4.78 is 0. The van der Waals surface area contributed by atoms with Gasteiger partial charge in [-0.1, -0.05) is 6.07 Å². The van der Waals surface area contributed by atoms with E-state index in [1.54, 1.807) is 0 Å². The molecule has 1 saturated heterocycles. The van der Waals surface area contributed by atoms with Crippen LogP contribution in [0.5, 0.6) is 0 Å². The number of hydrogen-bond donors (Lipinski definition) is 1. The molecule has 2 aliphatic rings. The molecule has 0 radical (unpaired) electrons. The predicted molar refractivity (Wildman–Crippen MR) is 73.4 cm³/mol. The van der Waals surface area contributed by atoms with E-state index in [4.69, 9.17) is 0 Å². The first kappa shape index (κ1) is 12.1. The van der Waals surface area contributed by atoms with Crippen LogP contribution in [0.25, 0.3) is 0 Å². The van der Waals surface area contributed by atoms with Crippen LogP contribution in [0.3, 0.4) is 0 Å². The summed E-state index contributed by atoms with van der Waals surface area (Å²) >= 11 is 0. The number of aromatic nitrogens is 1. The molecule has 1 saturated carbocycles. The minimum atomic E-state index is 0.540. The second-order valence-corrected chi connectivity index (χ2v) is 5.80. The van der Waals surface area contributed by atoms with Crippen molar-refractivity contribution < 1.29 is 0 Å². The molecule has 0 bridgehead atoms. The molecule has 18 heavy (non-hydrogen) atoms. The Balaban J connectivity index is 1.72. The van der Waals surface area contributed by atoms with Crippen molar-refractivity contribution in [2.75, 3.05) is 20.1 Å². The fraction of sp³-hybridized carbons (Fsp3) is 0.667. The molecule has 98 valence electrons. The molecule has 1 aromatic rings. The summed E-state index contributed by atoms with van der Waals surface area (Å²) in [5.41, 5.74) is 1.38. The molecule has 1 N–H and O–H groups in total. The topological polar surface area (TPSA) is 28.2 Å². The van der Waals surface area contributed by atoms with E-state index in [-0.39, 0.29) is 0 Å². The van der Waals surface area contributed by atoms with E-state index in [1.807, 2.05) is 12.4 Å². The Kier molecular flexibility index (Phi) is 3.62. The van der Waals surface area contributed by atoms with Gasteiger partial charge >= 0.3 is 0 Å². The minimum absolute atomic E-state index is 0.540. The van der Waals surface area contributed by atoms with E-state index in [2.05, 4.69) is 34.4 Å². The van der Waals surface area contributed by atoms with Crippen LogP contribution in [-0.2, 0) is 0 Å². The quantitative estimate of drug-likeness (QED) is 0.881. The lowest BCUT2D eigenvalue weighted by atomic mass is 9.85. The molecule has 1 aliphatic carbocycles. The molecule has 3 heteroatoms. The lowest BCUT2D eigenvalue weighted by Crippen LogP contribution is -2.41. The molecular weight excluding hydrogens is 222 g/mol. The van der Waals surface area contributed by atoms with Crippen molar-refractivity contribution in [1.82, 2.24) is 15.2 Å². The summed E-state index contributed by atoms with van der Waals surface area (Å²) in [4.78, 5) is 6.79. The maximum Gasteiger partial charge on any atom is 0.0400 e. The smallest absolute Gasteiger partial charge is 0.0400 e. The maximum atomic E-state index is 4.29. The summed E-state index contributed by atoms with van der Waals surface area (Å²) in [6.45, 7) is 2.37. The number of pyridine rings is 1.